The molecule has 1 aliphatic rings. The molecule has 8 atom stereocenters. The van der Waals surface area contributed by atoms with Crippen LogP contribution in [-0.4, -0.2) is 44.0 Å². The fraction of sp³-hybridized carbons (Fsp3) is 1.00. The highest BCUT2D eigenvalue weighted by Crippen LogP contribution is 2.37. The molecule has 1 heterocycles. The third kappa shape index (κ3) is 25.8. The number of hydrogen-bond acceptors (Lipinski definition) is 3. The molecular weight excluding hydrogens is 611 g/mol. The van der Waals surface area contributed by atoms with Gasteiger partial charge in [0.1, 0.15) is 0 Å². The Morgan fingerprint density at radius 2 is 0.760 bits per heavy atom. The van der Waals surface area contributed by atoms with Gasteiger partial charge in [0, 0.05) is 19.4 Å². The van der Waals surface area contributed by atoms with Crippen LogP contribution < -0.4 is 0 Å². The van der Waals surface area contributed by atoms with Gasteiger partial charge in [-0.05, 0) is 80.7 Å². The van der Waals surface area contributed by atoms with Gasteiger partial charge in [0.2, 0.25) is 0 Å². The van der Waals surface area contributed by atoms with Gasteiger partial charge in [-0.2, -0.15) is 0 Å². The molecule has 300 valence electrons. The van der Waals surface area contributed by atoms with Crippen LogP contribution >= 0.6 is 0 Å². The van der Waals surface area contributed by atoms with Gasteiger partial charge in [-0.1, -0.05) is 185 Å². The zero-order valence-electron chi connectivity index (χ0n) is 36.6. The summed E-state index contributed by atoms with van der Waals surface area (Å²) in [5, 5.41) is 0. The molecule has 3 nitrogen and oxygen atoms in total. The van der Waals surface area contributed by atoms with Gasteiger partial charge in [-0.15, -0.1) is 0 Å². The fourth-order valence-corrected chi connectivity index (χ4v) is 8.36. The van der Waals surface area contributed by atoms with Gasteiger partial charge in [0.15, 0.2) is 5.79 Å². The predicted molar refractivity (Wildman–Crippen MR) is 223 cm³/mol. The quantitative estimate of drug-likeness (QED) is 0.0678. The first-order valence-corrected chi connectivity index (χ1v) is 22.7. The van der Waals surface area contributed by atoms with Crippen LogP contribution in [0.5, 0.6) is 0 Å². The summed E-state index contributed by atoms with van der Waals surface area (Å²) in [5.41, 5.74) is 0. The molecule has 0 aliphatic carbocycles. The van der Waals surface area contributed by atoms with Gasteiger partial charge in [-0.25, -0.2) is 0 Å². The Morgan fingerprint density at radius 3 is 1.06 bits per heavy atom. The Hall–Kier alpha value is -0.120. The minimum absolute atomic E-state index is 0.251. The molecule has 1 aliphatic heterocycles. The van der Waals surface area contributed by atoms with E-state index in [1.165, 1.54) is 128 Å². The van der Waals surface area contributed by atoms with E-state index >= 15 is 0 Å². The van der Waals surface area contributed by atoms with Gasteiger partial charge >= 0.3 is 0 Å². The molecule has 0 aromatic heterocycles. The number of ether oxygens (including phenoxy) is 2. The minimum atomic E-state index is -0.349. The maximum absolute atomic E-state index is 6.84. The molecule has 0 saturated carbocycles. The van der Waals surface area contributed by atoms with Crippen LogP contribution in [0.1, 0.15) is 217 Å². The van der Waals surface area contributed by atoms with Crippen molar-refractivity contribution >= 4 is 0 Å². The zero-order valence-corrected chi connectivity index (χ0v) is 36.6. The van der Waals surface area contributed by atoms with Crippen LogP contribution in [0.3, 0.4) is 0 Å². The molecule has 3 heteroatoms. The predicted octanol–water partition coefficient (Wildman–Crippen LogP) is 14.8. The second-order valence-electron chi connectivity index (χ2n) is 19.6. The van der Waals surface area contributed by atoms with Crippen molar-refractivity contribution in [3.8, 4) is 0 Å². The first-order chi connectivity index (χ1) is 23.7. The van der Waals surface area contributed by atoms with Crippen molar-refractivity contribution in [1.82, 2.24) is 4.90 Å². The molecule has 0 bridgehead atoms. The molecule has 1 saturated heterocycles. The highest BCUT2D eigenvalue weighted by molar-refractivity contribution is 4.82. The lowest BCUT2D eigenvalue weighted by Crippen LogP contribution is -2.33. The van der Waals surface area contributed by atoms with Gasteiger partial charge in [0.05, 0.1) is 12.7 Å². The van der Waals surface area contributed by atoms with Crippen LogP contribution in [0.15, 0.2) is 0 Å². The van der Waals surface area contributed by atoms with E-state index in [0.717, 1.165) is 79.8 Å². The fourth-order valence-electron chi connectivity index (χ4n) is 8.36. The summed E-state index contributed by atoms with van der Waals surface area (Å²) in [6.07, 6.45) is 31.1. The second-order valence-corrected chi connectivity index (χ2v) is 19.6. The average Bonchev–Trinajstić information content (AvgIpc) is 3.45. The van der Waals surface area contributed by atoms with Crippen LogP contribution in [0, 0.1) is 47.3 Å². The van der Waals surface area contributed by atoms with Crippen molar-refractivity contribution in [2.75, 3.05) is 27.2 Å². The van der Waals surface area contributed by atoms with Crippen molar-refractivity contribution in [3.63, 3.8) is 0 Å². The first kappa shape index (κ1) is 47.9. The summed E-state index contributed by atoms with van der Waals surface area (Å²) in [6, 6.07) is 0. The van der Waals surface area contributed by atoms with Crippen molar-refractivity contribution in [3.05, 3.63) is 0 Å². The number of nitrogens with zero attached hydrogens (tertiary/aromatic N) is 1. The van der Waals surface area contributed by atoms with Gasteiger partial charge < -0.3 is 14.4 Å². The highest BCUT2D eigenvalue weighted by atomic mass is 16.7. The molecule has 0 radical (unpaired) electrons. The van der Waals surface area contributed by atoms with Crippen LogP contribution in [0.4, 0.5) is 0 Å². The molecule has 0 spiro atoms. The SMILES string of the molecule is CC(C)CCCC(C)CCCC(C)CCCC(C)CCC1(CCC(C)CCC[C@@H](C)CCCC(C)CCCC(C)C)OCC(CCN(C)C)O1. The second kappa shape index (κ2) is 28.3. The normalized spacial score (nSPS) is 22.0. The Kier molecular flexibility index (Phi) is 27.2. The summed E-state index contributed by atoms with van der Waals surface area (Å²) in [5.74, 6) is 6.40. The van der Waals surface area contributed by atoms with Crippen LogP contribution in [-0.2, 0) is 9.47 Å². The lowest BCUT2D eigenvalue weighted by atomic mass is 9.88. The number of hydrogen-bond donors (Lipinski definition) is 0. The van der Waals surface area contributed by atoms with Crippen molar-refractivity contribution in [2.45, 2.75) is 229 Å². The Balaban J connectivity index is 2.39. The zero-order chi connectivity index (χ0) is 37.4. The van der Waals surface area contributed by atoms with Crippen molar-refractivity contribution in [1.29, 1.82) is 0 Å². The third-order valence-corrected chi connectivity index (χ3v) is 12.4. The molecular formula is C47H95NO2. The lowest BCUT2D eigenvalue weighted by molar-refractivity contribution is -0.182. The summed E-state index contributed by atoms with van der Waals surface area (Å²) >= 11 is 0. The average molecular weight is 706 g/mol. The molecule has 7 unspecified atom stereocenters. The van der Waals surface area contributed by atoms with E-state index in [-0.39, 0.29) is 11.9 Å². The molecule has 1 fully saturated rings. The molecule has 1 rings (SSSR count). The van der Waals surface area contributed by atoms with Gasteiger partial charge in [0.25, 0.3) is 0 Å². The van der Waals surface area contributed by atoms with E-state index in [1.807, 2.05) is 0 Å². The van der Waals surface area contributed by atoms with Crippen LogP contribution in [0.25, 0.3) is 0 Å². The third-order valence-electron chi connectivity index (χ3n) is 12.4. The Bertz CT molecular complexity index is 716. The van der Waals surface area contributed by atoms with E-state index in [1.54, 1.807) is 0 Å². The molecule has 0 aromatic carbocycles. The highest BCUT2D eigenvalue weighted by Gasteiger charge is 2.41. The van der Waals surface area contributed by atoms with E-state index in [9.17, 15) is 0 Å². The minimum Gasteiger partial charge on any atom is -0.347 e. The number of rotatable bonds is 33. The lowest BCUT2D eigenvalue weighted by Gasteiger charge is -2.31. The van der Waals surface area contributed by atoms with E-state index in [2.05, 4.69) is 88.2 Å². The maximum Gasteiger partial charge on any atom is 0.168 e. The molecule has 50 heavy (non-hydrogen) atoms. The maximum atomic E-state index is 6.84. The molecule has 0 aromatic rings. The summed E-state index contributed by atoms with van der Waals surface area (Å²) in [4.78, 5) is 2.28. The smallest absolute Gasteiger partial charge is 0.168 e. The topological polar surface area (TPSA) is 21.7 Å². The standard InChI is InChI=1S/C47H95NO2/c1-38(2)19-13-21-40(5)23-15-25-42(7)27-17-29-44(9)31-34-47(49-37-46(50-47)33-36-48(11)12)35-32-45(10)30-18-28-43(8)26-16-24-41(6)22-14-20-39(3)4/h38-46H,13-37H2,1-12H3/t40?,41?,42-,43?,44?,45?,46?,47?/m0/s1. The largest absolute Gasteiger partial charge is 0.347 e. The van der Waals surface area contributed by atoms with E-state index < -0.39 is 0 Å². The first-order valence-electron chi connectivity index (χ1n) is 22.7. The van der Waals surface area contributed by atoms with Crippen molar-refractivity contribution in [2.24, 2.45) is 47.3 Å². The van der Waals surface area contributed by atoms with E-state index in [0.29, 0.717) is 0 Å². The molecule has 0 amide bonds. The monoisotopic (exact) mass is 706 g/mol. The summed E-state index contributed by atoms with van der Waals surface area (Å²) < 4.78 is 13.5. The Labute approximate surface area is 317 Å². The molecule has 0 N–H and O–H groups in total. The van der Waals surface area contributed by atoms with Crippen molar-refractivity contribution < 1.29 is 9.47 Å². The van der Waals surface area contributed by atoms with Gasteiger partial charge in [-0.3, -0.25) is 0 Å². The van der Waals surface area contributed by atoms with Crippen LogP contribution in [0.2, 0.25) is 0 Å². The van der Waals surface area contributed by atoms with E-state index in [4.69, 9.17) is 9.47 Å². The summed E-state index contributed by atoms with van der Waals surface area (Å²) in [6.45, 7) is 26.2. The summed E-state index contributed by atoms with van der Waals surface area (Å²) in [7, 11) is 4.33. The Morgan fingerprint density at radius 1 is 0.460 bits per heavy atom.